The number of ether oxygens (including phenoxy) is 1. The van der Waals surface area contributed by atoms with E-state index in [1.54, 1.807) is 38.4 Å². The first-order valence-corrected chi connectivity index (χ1v) is 5.35. The molecule has 0 saturated carbocycles. The van der Waals surface area contributed by atoms with Gasteiger partial charge in [-0.05, 0) is 24.3 Å². The molecule has 1 saturated heterocycles. The predicted octanol–water partition coefficient (Wildman–Crippen LogP) is 1.48. The third-order valence-electron chi connectivity index (χ3n) is 2.76. The summed E-state index contributed by atoms with van der Waals surface area (Å²) in [6, 6.07) is 6.57. The molecule has 1 heterocycles. The number of methoxy groups -OCH3 is 1. The highest BCUT2D eigenvalue weighted by atomic mass is 16.5. The van der Waals surface area contributed by atoms with Crippen LogP contribution in [0, 0.1) is 0 Å². The van der Waals surface area contributed by atoms with Crippen LogP contribution < -0.4 is 9.64 Å². The highest BCUT2D eigenvalue weighted by molar-refractivity contribution is 6.15. The van der Waals surface area contributed by atoms with E-state index in [4.69, 9.17) is 4.74 Å². The molecule has 1 aromatic carbocycles. The minimum atomic E-state index is -0.286. The van der Waals surface area contributed by atoms with E-state index in [1.807, 2.05) is 0 Å². The number of amides is 3. The van der Waals surface area contributed by atoms with Gasteiger partial charge in [0.15, 0.2) is 0 Å². The van der Waals surface area contributed by atoms with Crippen molar-refractivity contribution in [3.8, 4) is 5.75 Å². The standard InChI is InChI=1S/C12H14N2O3/c1-13-8-7-11(15)14(12(13)16)9-3-5-10(17-2)6-4-9/h3-6H,7-8H2,1-2H3. The van der Waals surface area contributed by atoms with Crippen LogP contribution in [-0.4, -0.2) is 37.5 Å². The lowest BCUT2D eigenvalue weighted by atomic mass is 10.2. The van der Waals surface area contributed by atoms with Gasteiger partial charge in [0.2, 0.25) is 5.91 Å². The fourth-order valence-electron chi connectivity index (χ4n) is 1.73. The quantitative estimate of drug-likeness (QED) is 0.778. The average molecular weight is 234 g/mol. The molecule has 2 rings (SSSR count). The molecular formula is C12H14N2O3. The van der Waals surface area contributed by atoms with E-state index < -0.39 is 0 Å². The second-order valence-corrected chi connectivity index (χ2v) is 3.88. The number of benzene rings is 1. The van der Waals surface area contributed by atoms with Crippen LogP contribution >= 0.6 is 0 Å². The largest absolute Gasteiger partial charge is 0.497 e. The first-order valence-electron chi connectivity index (χ1n) is 5.35. The molecule has 0 spiro atoms. The highest BCUT2D eigenvalue weighted by Crippen LogP contribution is 2.23. The van der Waals surface area contributed by atoms with E-state index in [-0.39, 0.29) is 11.9 Å². The van der Waals surface area contributed by atoms with Crippen LogP contribution in [0.3, 0.4) is 0 Å². The van der Waals surface area contributed by atoms with E-state index in [9.17, 15) is 9.59 Å². The Morgan fingerprint density at radius 1 is 1.18 bits per heavy atom. The lowest BCUT2D eigenvalue weighted by Gasteiger charge is -2.31. The van der Waals surface area contributed by atoms with E-state index in [0.29, 0.717) is 24.4 Å². The van der Waals surface area contributed by atoms with Gasteiger partial charge in [-0.3, -0.25) is 4.79 Å². The number of hydrogen-bond donors (Lipinski definition) is 0. The first kappa shape index (κ1) is 11.4. The monoisotopic (exact) mass is 234 g/mol. The molecule has 5 nitrogen and oxygen atoms in total. The Hall–Kier alpha value is -2.04. The van der Waals surface area contributed by atoms with Gasteiger partial charge in [-0.1, -0.05) is 0 Å². The zero-order valence-electron chi connectivity index (χ0n) is 9.84. The number of nitrogens with zero attached hydrogens (tertiary/aromatic N) is 2. The van der Waals surface area contributed by atoms with Gasteiger partial charge in [-0.2, -0.15) is 0 Å². The van der Waals surface area contributed by atoms with Gasteiger partial charge in [0.05, 0.1) is 12.8 Å². The minimum absolute atomic E-state index is 0.168. The molecule has 1 aliphatic rings. The summed E-state index contributed by atoms with van der Waals surface area (Å²) in [5.41, 5.74) is 0.576. The Labute approximate surface area is 99.6 Å². The summed E-state index contributed by atoms with van der Waals surface area (Å²) in [4.78, 5) is 26.4. The lowest BCUT2D eigenvalue weighted by molar-refractivity contribution is -0.119. The summed E-state index contributed by atoms with van der Waals surface area (Å²) in [5, 5.41) is 0. The molecule has 0 N–H and O–H groups in total. The second-order valence-electron chi connectivity index (χ2n) is 3.88. The molecule has 0 aromatic heterocycles. The fourth-order valence-corrected chi connectivity index (χ4v) is 1.73. The SMILES string of the molecule is COc1ccc(N2C(=O)CCN(C)C2=O)cc1. The smallest absolute Gasteiger partial charge is 0.331 e. The van der Waals surface area contributed by atoms with Crippen LogP contribution in [0.4, 0.5) is 10.5 Å². The van der Waals surface area contributed by atoms with E-state index in [0.717, 1.165) is 0 Å². The van der Waals surface area contributed by atoms with Gasteiger partial charge in [0.1, 0.15) is 5.75 Å². The van der Waals surface area contributed by atoms with Crippen LogP contribution in [-0.2, 0) is 4.79 Å². The third-order valence-corrected chi connectivity index (χ3v) is 2.76. The summed E-state index contributed by atoms with van der Waals surface area (Å²) in [5.74, 6) is 0.525. The van der Waals surface area contributed by atoms with Crippen molar-refractivity contribution in [1.29, 1.82) is 0 Å². The second kappa shape index (κ2) is 4.45. The van der Waals surface area contributed by atoms with Crippen molar-refractivity contribution in [3.05, 3.63) is 24.3 Å². The molecule has 90 valence electrons. The van der Waals surface area contributed by atoms with Crippen LogP contribution in [0.15, 0.2) is 24.3 Å². The number of hydrogen-bond acceptors (Lipinski definition) is 3. The summed E-state index contributed by atoms with van der Waals surface area (Å²) in [7, 11) is 3.26. The Balaban J connectivity index is 2.29. The number of imide groups is 1. The fraction of sp³-hybridized carbons (Fsp3) is 0.333. The maximum Gasteiger partial charge on any atom is 0.331 e. The molecular weight excluding hydrogens is 220 g/mol. The van der Waals surface area contributed by atoms with Crippen LogP contribution in [0.1, 0.15) is 6.42 Å². The van der Waals surface area contributed by atoms with Crippen molar-refractivity contribution in [2.45, 2.75) is 6.42 Å². The zero-order chi connectivity index (χ0) is 12.4. The molecule has 0 bridgehead atoms. The zero-order valence-corrected chi connectivity index (χ0v) is 9.84. The van der Waals surface area contributed by atoms with E-state index in [2.05, 4.69) is 0 Å². The first-order chi connectivity index (χ1) is 8.13. The predicted molar refractivity (Wildman–Crippen MR) is 63.1 cm³/mol. The minimum Gasteiger partial charge on any atom is -0.497 e. The molecule has 0 aliphatic carbocycles. The van der Waals surface area contributed by atoms with Crippen molar-refractivity contribution < 1.29 is 14.3 Å². The molecule has 3 amide bonds. The van der Waals surface area contributed by atoms with Gasteiger partial charge in [-0.15, -0.1) is 0 Å². The van der Waals surface area contributed by atoms with Crippen LogP contribution in [0.25, 0.3) is 0 Å². The number of carbonyl (C=O) groups excluding carboxylic acids is 2. The Morgan fingerprint density at radius 3 is 2.41 bits per heavy atom. The van der Waals surface area contributed by atoms with Crippen molar-refractivity contribution in [2.24, 2.45) is 0 Å². The Bertz CT molecular complexity index is 442. The van der Waals surface area contributed by atoms with E-state index >= 15 is 0 Å². The van der Waals surface area contributed by atoms with Gasteiger partial charge in [0.25, 0.3) is 0 Å². The summed E-state index contributed by atoms with van der Waals surface area (Å²) in [6.45, 7) is 0.477. The molecule has 17 heavy (non-hydrogen) atoms. The Morgan fingerprint density at radius 2 is 1.82 bits per heavy atom. The number of carbonyl (C=O) groups is 2. The van der Waals surface area contributed by atoms with Crippen LogP contribution in [0.5, 0.6) is 5.75 Å². The maximum atomic E-state index is 11.9. The highest BCUT2D eigenvalue weighted by Gasteiger charge is 2.30. The number of urea groups is 1. The van der Waals surface area contributed by atoms with Gasteiger partial charge >= 0.3 is 6.03 Å². The Kier molecular flexibility index (Phi) is 2.99. The van der Waals surface area contributed by atoms with Crippen molar-refractivity contribution in [2.75, 3.05) is 25.6 Å². The third kappa shape index (κ3) is 2.08. The van der Waals surface area contributed by atoms with E-state index in [1.165, 1.54) is 9.80 Å². The van der Waals surface area contributed by atoms with Crippen LogP contribution in [0.2, 0.25) is 0 Å². The molecule has 1 aliphatic heterocycles. The summed E-state index contributed by atoms with van der Waals surface area (Å²) >= 11 is 0. The molecule has 1 aromatic rings. The topological polar surface area (TPSA) is 49.9 Å². The van der Waals surface area contributed by atoms with Crippen molar-refractivity contribution in [3.63, 3.8) is 0 Å². The molecule has 1 fully saturated rings. The van der Waals surface area contributed by atoms with Gasteiger partial charge in [-0.25, -0.2) is 9.69 Å². The lowest BCUT2D eigenvalue weighted by Crippen LogP contribution is -2.50. The van der Waals surface area contributed by atoms with Gasteiger partial charge in [0, 0.05) is 20.0 Å². The number of anilines is 1. The summed E-state index contributed by atoms with van der Waals surface area (Å²) in [6.07, 6.45) is 0.355. The normalized spacial score (nSPS) is 16.4. The van der Waals surface area contributed by atoms with Gasteiger partial charge < -0.3 is 9.64 Å². The summed E-state index contributed by atoms with van der Waals surface area (Å²) < 4.78 is 5.03. The van der Waals surface area contributed by atoms with Crippen molar-refractivity contribution in [1.82, 2.24) is 4.90 Å². The van der Waals surface area contributed by atoms with Crippen molar-refractivity contribution >= 4 is 17.6 Å². The number of rotatable bonds is 2. The molecule has 0 unspecified atom stereocenters. The molecule has 5 heteroatoms. The average Bonchev–Trinajstić information content (AvgIpc) is 2.35. The molecule has 0 radical (unpaired) electrons. The maximum absolute atomic E-state index is 11.9. The molecule has 0 atom stereocenters.